The number of sulfonamides is 1. The van der Waals surface area contributed by atoms with Gasteiger partial charge in [0.2, 0.25) is 0 Å². The third-order valence-corrected chi connectivity index (χ3v) is 7.11. The first-order valence-electron chi connectivity index (χ1n) is 7.67. The van der Waals surface area contributed by atoms with Gasteiger partial charge in [-0.15, -0.1) is 11.3 Å². The molecule has 0 radical (unpaired) electrons. The van der Waals surface area contributed by atoms with Crippen LogP contribution in [0.25, 0.3) is 0 Å². The van der Waals surface area contributed by atoms with Crippen LogP contribution in [0.15, 0.2) is 16.3 Å². The summed E-state index contributed by atoms with van der Waals surface area (Å²) in [6, 6.07) is 3.61. The van der Waals surface area contributed by atoms with Crippen molar-refractivity contribution in [2.45, 2.75) is 37.8 Å². The third kappa shape index (κ3) is 4.52. The molecule has 1 atom stereocenters. The first kappa shape index (κ1) is 16.9. The Bertz CT molecular complexity index is 552. The van der Waals surface area contributed by atoms with Crippen molar-refractivity contribution in [2.24, 2.45) is 11.8 Å². The van der Waals surface area contributed by atoms with E-state index in [2.05, 4.69) is 19.2 Å². The Hall–Kier alpha value is -0.430. The van der Waals surface area contributed by atoms with E-state index in [0.717, 1.165) is 30.8 Å². The lowest BCUT2D eigenvalue weighted by Crippen LogP contribution is -2.43. The number of piperidine rings is 1. The van der Waals surface area contributed by atoms with E-state index in [1.165, 1.54) is 11.3 Å². The number of rotatable bonds is 6. The molecule has 1 fully saturated rings. The molecule has 0 amide bonds. The van der Waals surface area contributed by atoms with Gasteiger partial charge in [0.05, 0.1) is 0 Å². The molecule has 0 spiro atoms. The maximum atomic E-state index is 12.6. The molecular weight excluding hydrogens is 304 g/mol. The lowest BCUT2D eigenvalue weighted by atomic mass is 9.99. The van der Waals surface area contributed by atoms with Gasteiger partial charge in [0.25, 0.3) is 10.0 Å². The molecule has 120 valence electrons. The Balaban J connectivity index is 1.97. The standard InChI is InChI=1S/C15H26N2O2S2/c1-12(2)9-16-10-14-5-4-8-17(11-14)21(18,19)15-7-6-13(3)20-15/h6-7,12,14,16H,4-5,8-11H2,1-3H3. The summed E-state index contributed by atoms with van der Waals surface area (Å²) in [5, 5.41) is 3.45. The number of hydrogen-bond acceptors (Lipinski definition) is 4. The fourth-order valence-corrected chi connectivity index (χ4v) is 5.66. The lowest BCUT2D eigenvalue weighted by Gasteiger charge is -2.31. The van der Waals surface area contributed by atoms with Crippen LogP contribution in [-0.2, 0) is 10.0 Å². The van der Waals surface area contributed by atoms with Crippen molar-refractivity contribution >= 4 is 21.4 Å². The number of aryl methyl sites for hydroxylation is 1. The highest BCUT2D eigenvalue weighted by Crippen LogP contribution is 2.27. The van der Waals surface area contributed by atoms with E-state index >= 15 is 0 Å². The van der Waals surface area contributed by atoms with E-state index in [1.54, 1.807) is 10.4 Å². The van der Waals surface area contributed by atoms with Gasteiger partial charge in [-0.3, -0.25) is 0 Å². The van der Waals surface area contributed by atoms with E-state index in [4.69, 9.17) is 0 Å². The Labute approximate surface area is 132 Å². The average Bonchev–Trinajstić information content (AvgIpc) is 2.86. The average molecular weight is 331 g/mol. The topological polar surface area (TPSA) is 49.4 Å². The second-order valence-corrected chi connectivity index (χ2v) is 9.74. The molecule has 0 aliphatic carbocycles. The van der Waals surface area contributed by atoms with Crippen LogP contribution < -0.4 is 5.32 Å². The summed E-state index contributed by atoms with van der Waals surface area (Å²) < 4.78 is 27.4. The highest BCUT2D eigenvalue weighted by molar-refractivity contribution is 7.91. The maximum absolute atomic E-state index is 12.6. The van der Waals surface area contributed by atoms with Crippen molar-refractivity contribution in [3.8, 4) is 0 Å². The van der Waals surface area contributed by atoms with Crippen LogP contribution >= 0.6 is 11.3 Å². The van der Waals surface area contributed by atoms with Gasteiger partial charge in [0.15, 0.2) is 0 Å². The zero-order valence-electron chi connectivity index (χ0n) is 13.1. The highest BCUT2D eigenvalue weighted by Gasteiger charge is 2.30. The van der Waals surface area contributed by atoms with Crippen LogP contribution in [0.5, 0.6) is 0 Å². The van der Waals surface area contributed by atoms with E-state index in [9.17, 15) is 8.42 Å². The molecule has 1 unspecified atom stereocenters. The third-order valence-electron chi connectivity index (χ3n) is 3.78. The quantitative estimate of drug-likeness (QED) is 0.872. The number of nitrogens with one attached hydrogen (secondary N) is 1. The fourth-order valence-electron chi connectivity index (χ4n) is 2.67. The zero-order chi connectivity index (χ0) is 15.5. The minimum Gasteiger partial charge on any atom is -0.316 e. The number of hydrogen-bond donors (Lipinski definition) is 1. The van der Waals surface area contributed by atoms with E-state index in [0.29, 0.717) is 29.1 Å². The van der Waals surface area contributed by atoms with Gasteiger partial charge >= 0.3 is 0 Å². The van der Waals surface area contributed by atoms with Crippen LogP contribution in [0.4, 0.5) is 0 Å². The van der Waals surface area contributed by atoms with Crippen molar-refractivity contribution in [3.63, 3.8) is 0 Å². The van der Waals surface area contributed by atoms with E-state index in [1.807, 2.05) is 13.0 Å². The summed E-state index contributed by atoms with van der Waals surface area (Å²) in [6.45, 7) is 9.51. The van der Waals surface area contributed by atoms with Gasteiger partial charge in [-0.25, -0.2) is 8.42 Å². The molecular formula is C15H26N2O2S2. The molecule has 21 heavy (non-hydrogen) atoms. The molecule has 6 heteroatoms. The van der Waals surface area contributed by atoms with E-state index in [-0.39, 0.29) is 0 Å². The fraction of sp³-hybridized carbons (Fsp3) is 0.733. The lowest BCUT2D eigenvalue weighted by molar-refractivity contribution is 0.258. The molecule has 1 N–H and O–H groups in total. The second kappa shape index (κ2) is 7.22. The van der Waals surface area contributed by atoms with Gasteiger partial charge in [-0.05, 0) is 56.8 Å². The first-order valence-corrected chi connectivity index (χ1v) is 9.92. The Morgan fingerprint density at radius 1 is 1.43 bits per heavy atom. The van der Waals surface area contributed by atoms with Crippen molar-refractivity contribution in [1.29, 1.82) is 0 Å². The Morgan fingerprint density at radius 3 is 2.81 bits per heavy atom. The molecule has 4 nitrogen and oxygen atoms in total. The minimum absolute atomic E-state index is 0.424. The van der Waals surface area contributed by atoms with Gasteiger partial charge in [0, 0.05) is 18.0 Å². The maximum Gasteiger partial charge on any atom is 0.252 e. The molecule has 1 aliphatic heterocycles. The normalized spacial score (nSPS) is 21.0. The van der Waals surface area contributed by atoms with Gasteiger partial charge in [-0.2, -0.15) is 4.31 Å². The molecule has 2 heterocycles. The molecule has 0 aromatic carbocycles. The van der Waals surface area contributed by atoms with Crippen molar-refractivity contribution in [2.75, 3.05) is 26.2 Å². The molecule has 1 aromatic heterocycles. The summed E-state index contributed by atoms with van der Waals surface area (Å²) in [5.74, 6) is 1.05. The highest BCUT2D eigenvalue weighted by atomic mass is 32.2. The summed E-state index contributed by atoms with van der Waals surface area (Å²) in [4.78, 5) is 1.04. The monoisotopic (exact) mass is 330 g/mol. The van der Waals surface area contributed by atoms with Gasteiger partial charge in [-0.1, -0.05) is 13.8 Å². The van der Waals surface area contributed by atoms with Crippen molar-refractivity contribution in [1.82, 2.24) is 9.62 Å². The summed E-state index contributed by atoms with van der Waals surface area (Å²) >= 11 is 1.37. The first-order chi connectivity index (χ1) is 9.89. The Morgan fingerprint density at radius 2 is 2.19 bits per heavy atom. The van der Waals surface area contributed by atoms with Crippen LogP contribution in [0.2, 0.25) is 0 Å². The van der Waals surface area contributed by atoms with E-state index < -0.39 is 10.0 Å². The van der Waals surface area contributed by atoms with Crippen molar-refractivity contribution in [3.05, 3.63) is 17.0 Å². The van der Waals surface area contributed by atoms with Crippen LogP contribution in [0.1, 0.15) is 31.6 Å². The van der Waals surface area contributed by atoms with Crippen LogP contribution in [-0.4, -0.2) is 38.9 Å². The predicted molar refractivity (Wildman–Crippen MR) is 88.2 cm³/mol. The summed E-state index contributed by atoms with van der Waals surface area (Å²) in [5.41, 5.74) is 0. The largest absolute Gasteiger partial charge is 0.316 e. The molecule has 1 aliphatic rings. The van der Waals surface area contributed by atoms with Crippen molar-refractivity contribution < 1.29 is 8.42 Å². The number of nitrogens with zero attached hydrogens (tertiary/aromatic N) is 1. The predicted octanol–water partition coefficient (Wildman–Crippen LogP) is 2.70. The zero-order valence-corrected chi connectivity index (χ0v) is 14.8. The van der Waals surface area contributed by atoms with Gasteiger partial charge in [0.1, 0.15) is 4.21 Å². The summed E-state index contributed by atoms with van der Waals surface area (Å²) in [6.07, 6.45) is 2.07. The molecule has 1 aromatic rings. The van der Waals surface area contributed by atoms with Crippen LogP contribution in [0.3, 0.4) is 0 Å². The smallest absolute Gasteiger partial charge is 0.252 e. The molecule has 0 bridgehead atoms. The van der Waals surface area contributed by atoms with Crippen LogP contribution in [0, 0.1) is 18.8 Å². The molecule has 0 saturated carbocycles. The van der Waals surface area contributed by atoms with Gasteiger partial charge < -0.3 is 5.32 Å². The SMILES string of the molecule is Cc1ccc(S(=O)(=O)N2CCCC(CNCC(C)C)C2)s1. The Kier molecular flexibility index (Phi) is 5.82. The molecule has 1 saturated heterocycles. The molecule has 2 rings (SSSR count). The second-order valence-electron chi connectivity index (χ2n) is 6.29. The number of thiophene rings is 1. The summed E-state index contributed by atoms with van der Waals surface area (Å²) in [7, 11) is -3.29. The minimum atomic E-state index is -3.29.